The smallest absolute Gasteiger partial charge is 0.339 e. The van der Waals surface area contributed by atoms with Crippen molar-refractivity contribution < 1.29 is 24.1 Å². The largest absolute Gasteiger partial charge is 0.496 e. The van der Waals surface area contributed by atoms with E-state index in [0.29, 0.717) is 11.5 Å². The van der Waals surface area contributed by atoms with Gasteiger partial charge in [0.2, 0.25) is 0 Å². The summed E-state index contributed by atoms with van der Waals surface area (Å²) in [7, 11) is 4.42. The Balaban J connectivity index is 3.86. The van der Waals surface area contributed by atoms with Crippen molar-refractivity contribution in [2.24, 2.45) is 0 Å². The second-order valence-corrected chi connectivity index (χ2v) is 4.71. The first-order chi connectivity index (χ1) is 9.92. The third kappa shape index (κ3) is 3.12. The number of aromatic carboxylic acids is 1. The standard InChI is InChI=1S/C16H22O5/c1-7-10(9(2)3)13-12(19-4)8-11(16(17)18)14(20-5)15(13)21-6/h8H,7H2,1-6H3,(H,17,18). The molecule has 1 aromatic rings. The van der Waals surface area contributed by atoms with Crippen LogP contribution in [-0.4, -0.2) is 32.4 Å². The maximum absolute atomic E-state index is 11.4. The molecule has 21 heavy (non-hydrogen) atoms. The van der Waals surface area contributed by atoms with E-state index in [-0.39, 0.29) is 11.3 Å². The molecule has 1 rings (SSSR count). The fraction of sp³-hybridized carbons (Fsp3) is 0.438. The molecule has 0 aliphatic carbocycles. The van der Waals surface area contributed by atoms with Gasteiger partial charge in [0.05, 0.1) is 26.9 Å². The molecule has 0 fully saturated rings. The van der Waals surface area contributed by atoms with Gasteiger partial charge in [-0.15, -0.1) is 0 Å². The maximum atomic E-state index is 11.4. The molecule has 0 saturated heterocycles. The predicted molar refractivity (Wildman–Crippen MR) is 81.6 cm³/mol. The quantitative estimate of drug-likeness (QED) is 0.868. The Morgan fingerprint density at radius 3 is 2.00 bits per heavy atom. The van der Waals surface area contributed by atoms with Crippen LogP contribution in [0.1, 0.15) is 43.1 Å². The van der Waals surface area contributed by atoms with Gasteiger partial charge in [-0.05, 0) is 31.9 Å². The van der Waals surface area contributed by atoms with E-state index in [2.05, 4.69) is 0 Å². The highest BCUT2D eigenvalue weighted by Gasteiger charge is 2.25. The van der Waals surface area contributed by atoms with Crippen molar-refractivity contribution in [2.75, 3.05) is 21.3 Å². The van der Waals surface area contributed by atoms with Crippen LogP contribution in [0.5, 0.6) is 17.2 Å². The number of hydrogen-bond acceptors (Lipinski definition) is 4. The van der Waals surface area contributed by atoms with Crippen LogP contribution in [0.2, 0.25) is 0 Å². The van der Waals surface area contributed by atoms with Gasteiger partial charge in [0.25, 0.3) is 0 Å². The monoisotopic (exact) mass is 294 g/mol. The van der Waals surface area contributed by atoms with Crippen molar-refractivity contribution in [3.05, 3.63) is 22.8 Å². The summed E-state index contributed by atoms with van der Waals surface area (Å²) in [6, 6.07) is 1.47. The normalized spacial score (nSPS) is 10.0. The number of methoxy groups -OCH3 is 3. The first-order valence-electron chi connectivity index (χ1n) is 6.65. The molecule has 0 saturated carbocycles. The van der Waals surface area contributed by atoms with Gasteiger partial charge in [0.15, 0.2) is 11.5 Å². The Labute approximate surface area is 125 Å². The number of rotatable bonds is 6. The minimum Gasteiger partial charge on any atom is -0.496 e. The molecule has 0 bridgehead atoms. The molecule has 0 atom stereocenters. The molecule has 0 radical (unpaired) electrons. The van der Waals surface area contributed by atoms with Crippen LogP contribution in [0.4, 0.5) is 0 Å². The van der Waals surface area contributed by atoms with Gasteiger partial charge in [0.1, 0.15) is 11.3 Å². The van der Waals surface area contributed by atoms with Crippen molar-refractivity contribution in [3.8, 4) is 17.2 Å². The van der Waals surface area contributed by atoms with E-state index in [1.807, 2.05) is 20.8 Å². The summed E-state index contributed by atoms with van der Waals surface area (Å²) in [4.78, 5) is 11.4. The Morgan fingerprint density at radius 1 is 1.10 bits per heavy atom. The summed E-state index contributed by atoms with van der Waals surface area (Å²) in [6.07, 6.45) is 0.768. The first kappa shape index (κ1) is 16.9. The Hall–Kier alpha value is -2.17. The molecular formula is C16H22O5. The highest BCUT2D eigenvalue weighted by Crippen LogP contribution is 2.45. The first-order valence-corrected chi connectivity index (χ1v) is 6.65. The van der Waals surface area contributed by atoms with E-state index in [0.717, 1.165) is 23.1 Å². The molecular weight excluding hydrogens is 272 g/mol. The van der Waals surface area contributed by atoms with E-state index < -0.39 is 5.97 Å². The molecule has 1 aromatic carbocycles. The second-order valence-electron chi connectivity index (χ2n) is 4.71. The lowest BCUT2D eigenvalue weighted by Crippen LogP contribution is -2.07. The lowest BCUT2D eigenvalue weighted by atomic mass is 9.95. The van der Waals surface area contributed by atoms with Crippen molar-refractivity contribution in [2.45, 2.75) is 27.2 Å². The third-order valence-corrected chi connectivity index (χ3v) is 3.32. The molecule has 0 aliphatic rings. The van der Waals surface area contributed by atoms with Crippen LogP contribution >= 0.6 is 0 Å². The second kappa shape index (κ2) is 7.02. The molecule has 5 heteroatoms. The number of ether oxygens (including phenoxy) is 3. The number of carboxylic acids is 1. The Bertz CT molecular complexity index is 569. The lowest BCUT2D eigenvalue weighted by Gasteiger charge is -2.20. The van der Waals surface area contributed by atoms with Gasteiger partial charge >= 0.3 is 5.97 Å². The zero-order valence-electron chi connectivity index (χ0n) is 13.4. The minimum absolute atomic E-state index is 0.0131. The van der Waals surface area contributed by atoms with Crippen LogP contribution in [0, 0.1) is 0 Å². The number of benzene rings is 1. The SMILES string of the molecule is CCC(=C(C)C)c1c(OC)cc(C(=O)O)c(OC)c1OC. The lowest BCUT2D eigenvalue weighted by molar-refractivity contribution is 0.0692. The fourth-order valence-electron chi connectivity index (χ4n) is 2.40. The van der Waals surface area contributed by atoms with Crippen LogP contribution in [0.25, 0.3) is 5.57 Å². The van der Waals surface area contributed by atoms with Gasteiger partial charge < -0.3 is 19.3 Å². The average molecular weight is 294 g/mol. The number of carboxylic acid groups (broad SMARTS) is 1. The summed E-state index contributed by atoms with van der Waals surface area (Å²) < 4.78 is 16.1. The number of carbonyl (C=O) groups is 1. The van der Waals surface area contributed by atoms with Gasteiger partial charge in [-0.1, -0.05) is 12.5 Å². The van der Waals surface area contributed by atoms with Gasteiger partial charge in [-0.25, -0.2) is 4.79 Å². The van der Waals surface area contributed by atoms with E-state index in [1.54, 1.807) is 0 Å². The minimum atomic E-state index is -1.09. The van der Waals surface area contributed by atoms with Gasteiger partial charge in [-0.3, -0.25) is 0 Å². The molecule has 5 nitrogen and oxygen atoms in total. The number of allylic oxidation sites excluding steroid dienone is 2. The molecule has 0 unspecified atom stereocenters. The third-order valence-electron chi connectivity index (χ3n) is 3.32. The van der Waals surface area contributed by atoms with Crippen LogP contribution in [-0.2, 0) is 0 Å². The Kier molecular flexibility index (Phi) is 5.64. The van der Waals surface area contributed by atoms with Crippen LogP contribution in [0.3, 0.4) is 0 Å². The molecule has 0 aromatic heterocycles. The highest BCUT2D eigenvalue weighted by atomic mass is 16.5. The zero-order valence-corrected chi connectivity index (χ0v) is 13.4. The van der Waals surface area contributed by atoms with E-state index >= 15 is 0 Å². The summed E-state index contributed by atoms with van der Waals surface area (Å²) in [5.74, 6) is -0.0475. The molecule has 116 valence electrons. The number of hydrogen-bond donors (Lipinski definition) is 1. The average Bonchev–Trinajstić information content (AvgIpc) is 2.46. The zero-order chi connectivity index (χ0) is 16.2. The molecule has 0 aliphatic heterocycles. The van der Waals surface area contributed by atoms with Crippen molar-refractivity contribution in [1.29, 1.82) is 0 Å². The maximum Gasteiger partial charge on any atom is 0.339 e. The highest BCUT2D eigenvalue weighted by molar-refractivity contribution is 5.95. The van der Waals surface area contributed by atoms with E-state index in [4.69, 9.17) is 14.2 Å². The molecule has 0 spiro atoms. The fourth-order valence-corrected chi connectivity index (χ4v) is 2.40. The van der Waals surface area contributed by atoms with E-state index in [1.165, 1.54) is 27.4 Å². The molecule has 1 N–H and O–H groups in total. The van der Waals surface area contributed by atoms with Gasteiger partial charge in [-0.2, -0.15) is 0 Å². The van der Waals surface area contributed by atoms with Crippen LogP contribution < -0.4 is 14.2 Å². The van der Waals surface area contributed by atoms with Crippen molar-refractivity contribution >= 4 is 11.5 Å². The molecule has 0 heterocycles. The summed E-state index contributed by atoms with van der Waals surface area (Å²) >= 11 is 0. The van der Waals surface area contributed by atoms with E-state index in [9.17, 15) is 9.90 Å². The topological polar surface area (TPSA) is 65.0 Å². The summed E-state index contributed by atoms with van der Waals surface area (Å²) in [5.41, 5.74) is 2.90. The van der Waals surface area contributed by atoms with Gasteiger partial charge in [0, 0.05) is 0 Å². The van der Waals surface area contributed by atoms with Crippen molar-refractivity contribution in [3.63, 3.8) is 0 Å². The van der Waals surface area contributed by atoms with Crippen LogP contribution in [0.15, 0.2) is 11.6 Å². The predicted octanol–water partition coefficient (Wildman–Crippen LogP) is 3.61. The molecule has 0 amide bonds. The Morgan fingerprint density at radius 2 is 1.67 bits per heavy atom. The van der Waals surface area contributed by atoms with Crippen molar-refractivity contribution in [1.82, 2.24) is 0 Å². The summed E-state index contributed by atoms with van der Waals surface area (Å²) in [6.45, 7) is 6.02. The summed E-state index contributed by atoms with van der Waals surface area (Å²) in [5, 5.41) is 9.33.